The van der Waals surface area contributed by atoms with E-state index < -0.39 is 24.4 Å². The molecule has 0 amide bonds. The van der Waals surface area contributed by atoms with E-state index >= 15 is 0 Å². The molecule has 0 radical (unpaired) electrons. The van der Waals surface area contributed by atoms with Crippen molar-refractivity contribution in [3.05, 3.63) is 12.2 Å². The minimum absolute atomic E-state index is 0.201. The average molecular weight is 450 g/mol. The van der Waals surface area contributed by atoms with Crippen molar-refractivity contribution in [3.63, 3.8) is 0 Å². The summed E-state index contributed by atoms with van der Waals surface area (Å²) < 4.78 is 1.50. The van der Waals surface area contributed by atoms with Gasteiger partial charge in [-0.25, -0.2) is 14.6 Å². The predicted octanol–water partition coefficient (Wildman–Crippen LogP) is 0.859. The first-order valence-electron chi connectivity index (χ1n) is 11.0. The van der Waals surface area contributed by atoms with Crippen molar-refractivity contribution in [2.75, 3.05) is 17.6 Å². The molecule has 1 fully saturated rings. The maximum absolute atomic E-state index is 10.5. The lowest BCUT2D eigenvalue weighted by Gasteiger charge is -2.30. The summed E-state index contributed by atoms with van der Waals surface area (Å²) in [4.78, 5) is 9.39. The molecule has 0 aromatic carbocycles. The number of nitrogens with one attached hydrogen (secondary N) is 2. The molecule has 11 heteroatoms. The quantitative estimate of drug-likeness (QED) is 0.224. The van der Waals surface area contributed by atoms with Crippen LogP contribution in [-0.4, -0.2) is 83.0 Å². The highest BCUT2D eigenvalue weighted by Crippen LogP contribution is 2.30. The molecule has 4 rings (SSSR count). The van der Waals surface area contributed by atoms with Gasteiger partial charge in [0.05, 0.1) is 0 Å². The van der Waals surface area contributed by atoms with Crippen LogP contribution in [0, 0.1) is 0 Å². The minimum atomic E-state index is -1.31. The van der Waals surface area contributed by atoms with Crippen molar-refractivity contribution in [2.45, 2.75) is 81.1 Å². The smallest absolute Gasteiger partial charge is 0.191 e. The third-order valence-corrected chi connectivity index (χ3v) is 6.98. The first kappa shape index (κ1) is 22.4. The van der Waals surface area contributed by atoms with Gasteiger partial charge in [0.25, 0.3) is 0 Å². The molecule has 2 aliphatic rings. The van der Waals surface area contributed by atoms with E-state index in [-0.39, 0.29) is 6.04 Å². The molecule has 6 atom stereocenters. The van der Waals surface area contributed by atoms with Crippen molar-refractivity contribution in [1.82, 2.24) is 30.3 Å². The highest BCUT2D eigenvalue weighted by Gasteiger charge is 2.36. The maximum atomic E-state index is 10.5. The number of nitrogens with zero attached hydrogens (tertiary/aromatic N) is 5. The number of aliphatic hydroxyl groups is 3. The Bertz CT molecular complexity index is 918. The molecule has 1 saturated heterocycles. The molecule has 3 unspecified atom stereocenters. The van der Waals surface area contributed by atoms with Crippen LogP contribution in [0.5, 0.6) is 0 Å². The first-order valence-corrected chi connectivity index (χ1v) is 12.0. The third kappa shape index (κ3) is 4.56. The third-order valence-electron chi connectivity index (χ3n) is 5.92. The van der Waals surface area contributed by atoms with Gasteiger partial charge in [0.15, 0.2) is 22.1 Å². The second-order valence-corrected chi connectivity index (χ2v) is 9.18. The van der Waals surface area contributed by atoms with Crippen molar-refractivity contribution in [3.8, 4) is 0 Å². The molecule has 2 aromatic rings. The lowest BCUT2D eigenvalue weighted by molar-refractivity contribution is -0.0636. The summed E-state index contributed by atoms with van der Waals surface area (Å²) in [5.41, 5.74) is 1.01. The Labute approximate surface area is 185 Å². The zero-order valence-electron chi connectivity index (χ0n) is 17.8. The van der Waals surface area contributed by atoms with E-state index in [0.717, 1.165) is 38.0 Å². The highest BCUT2D eigenvalue weighted by atomic mass is 32.2. The lowest BCUT2D eigenvalue weighted by Crippen LogP contribution is -2.44. The second-order valence-electron chi connectivity index (χ2n) is 8.12. The van der Waals surface area contributed by atoms with Crippen molar-refractivity contribution in [1.29, 1.82) is 0 Å². The van der Waals surface area contributed by atoms with Crippen molar-refractivity contribution < 1.29 is 15.3 Å². The van der Waals surface area contributed by atoms with Gasteiger partial charge in [-0.15, -0.1) is 5.10 Å². The van der Waals surface area contributed by atoms with E-state index in [4.69, 9.17) is 4.98 Å². The monoisotopic (exact) mass is 449 g/mol. The molecule has 2 aromatic heterocycles. The largest absolute Gasteiger partial charge is 0.388 e. The zero-order chi connectivity index (χ0) is 22.0. The molecule has 1 aliphatic heterocycles. The van der Waals surface area contributed by atoms with Crippen molar-refractivity contribution >= 4 is 28.7 Å². The van der Waals surface area contributed by atoms with Gasteiger partial charge in [-0.3, -0.25) is 0 Å². The van der Waals surface area contributed by atoms with Crippen LogP contribution >= 0.6 is 11.8 Å². The number of thioether (sulfide) groups is 1. The zero-order valence-corrected chi connectivity index (χ0v) is 18.7. The molecule has 0 saturated carbocycles. The topological polar surface area (TPSA) is 141 Å². The summed E-state index contributed by atoms with van der Waals surface area (Å²) in [6, 6.07) is -0.114. The van der Waals surface area contributed by atoms with E-state index in [1.807, 2.05) is 0 Å². The van der Waals surface area contributed by atoms with Gasteiger partial charge in [-0.2, -0.15) is 0 Å². The Morgan fingerprint density at radius 3 is 2.77 bits per heavy atom. The van der Waals surface area contributed by atoms with E-state index in [0.29, 0.717) is 28.2 Å². The van der Waals surface area contributed by atoms with Crippen LogP contribution in [-0.2, 0) is 0 Å². The number of aromatic nitrogens is 5. The summed E-state index contributed by atoms with van der Waals surface area (Å²) in [5, 5.41) is 46.7. The fourth-order valence-corrected chi connectivity index (χ4v) is 4.87. The number of rotatable bonds is 8. The number of hydrogen-bond acceptors (Lipinski definition) is 10. The van der Waals surface area contributed by atoms with Gasteiger partial charge in [-0.05, 0) is 32.2 Å². The van der Waals surface area contributed by atoms with Gasteiger partial charge >= 0.3 is 0 Å². The van der Waals surface area contributed by atoms with E-state index in [1.165, 1.54) is 10.8 Å². The van der Waals surface area contributed by atoms with E-state index in [9.17, 15) is 15.3 Å². The molecule has 0 spiro atoms. The number of hydrogen-bond donors (Lipinski definition) is 5. The van der Waals surface area contributed by atoms with Crippen LogP contribution in [0.25, 0.3) is 11.2 Å². The summed E-state index contributed by atoms with van der Waals surface area (Å²) in [7, 11) is 0. The lowest BCUT2D eigenvalue weighted by atomic mass is 9.94. The van der Waals surface area contributed by atoms with Crippen LogP contribution in [0.1, 0.15) is 45.6 Å². The summed E-state index contributed by atoms with van der Waals surface area (Å²) in [6.45, 7) is 5.27. The fourth-order valence-electron chi connectivity index (χ4n) is 4.17. The Kier molecular flexibility index (Phi) is 7.07. The standard InChI is InChI=1S/C20H31N7O3S/c1-3-10-31-20-23-18(22-11(4-2)12-6-5-9-21-12)15-19(24-20)27(26-25-15)13-7-8-14(28)17(30)16(13)29/h7-8,11-14,16-17,21,28-30H,3-6,9-10H2,1-2H3,(H,22,23,24)/t11?,12?,13?,14-,16-,17+/m0/s1. The Hall–Kier alpha value is -1.79. The van der Waals surface area contributed by atoms with Crippen LogP contribution in [0.15, 0.2) is 17.3 Å². The molecule has 1 aliphatic carbocycles. The van der Waals surface area contributed by atoms with Gasteiger partial charge < -0.3 is 26.0 Å². The molecule has 170 valence electrons. The van der Waals surface area contributed by atoms with Crippen LogP contribution < -0.4 is 10.6 Å². The Morgan fingerprint density at radius 2 is 2.06 bits per heavy atom. The van der Waals surface area contributed by atoms with Crippen molar-refractivity contribution in [2.24, 2.45) is 0 Å². The van der Waals surface area contributed by atoms with E-state index in [1.54, 1.807) is 17.8 Å². The average Bonchev–Trinajstić information content (AvgIpc) is 3.45. The molecule has 5 N–H and O–H groups in total. The number of fused-ring (bicyclic) bond motifs is 1. The minimum Gasteiger partial charge on any atom is -0.388 e. The summed E-state index contributed by atoms with van der Waals surface area (Å²) >= 11 is 1.56. The van der Waals surface area contributed by atoms with Gasteiger partial charge in [0, 0.05) is 17.8 Å². The van der Waals surface area contributed by atoms with Gasteiger partial charge in [-0.1, -0.05) is 43.0 Å². The SMILES string of the molecule is CCCSc1nc(NC(CC)C2CCCN2)c2nnn(C3C=C[C@H](O)[C@@H](O)[C@H]3O)c2n1. The Morgan fingerprint density at radius 1 is 1.23 bits per heavy atom. The van der Waals surface area contributed by atoms with Crippen LogP contribution in [0.4, 0.5) is 5.82 Å². The van der Waals surface area contributed by atoms with Crippen LogP contribution in [0.2, 0.25) is 0 Å². The highest BCUT2D eigenvalue weighted by molar-refractivity contribution is 7.99. The first-order chi connectivity index (χ1) is 15.0. The molecule has 31 heavy (non-hydrogen) atoms. The number of anilines is 1. The van der Waals surface area contributed by atoms with E-state index in [2.05, 4.69) is 39.8 Å². The molecule has 0 bridgehead atoms. The normalized spacial score (nSPS) is 29.5. The fraction of sp³-hybridized carbons (Fsp3) is 0.700. The summed E-state index contributed by atoms with van der Waals surface area (Å²) in [6.07, 6.45) is 3.64. The Balaban J connectivity index is 1.73. The molecule has 10 nitrogen and oxygen atoms in total. The predicted molar refractivity (Wildman–Crippen MR) is 119 cm³/mol. The van der Waals surface area contributed by atoms with Gasteiger partial charge in [0.1, 0.15) is 24.4 Å². The number of aliphatic hydroxyl groups excluding tert-OH is 3. The second kappa shape index (κ2) is 9.78. The maximum Gasteiger partial charge on any atom is 0.191 e. The molecular formula is C20H31N7O3S. The van der Waals surface area contributed by atoms with Gasteiger partial charge in [0.2, 0.25) is 0 Å². The van der Waals surface area contributed by atoms with Crippen LogP contribution in [0.3, 0.4) is 0 Å². The molecular weight excluding hydrogens is 418 g/mol. The molecule has 3 heterocycles. The summed E-state index contributed by atoms with van der Waals surface area (Å²) in [5.74, 6) is 1.51.